The highest BCUT2D eigenvalue weighted by atomic mass is 32.2. The summed E-state index contributed by atoms with van der Waals surface area (Å²) in [6.07, 6.45) is 5.24. The lowest BCUT2D eigenvalue weighted by Gasteiger charge is -2.31. The monoisotopic (exact) mass is 618 g/mol. The van der Waals surface area contributed by atoms with Crippen molar-refractivity contribution in [3.8, 4) is 28.4 Å². The summed E-state index contributed by atoms with van der Waals surface area (Å²) in [5.74, 6) is 0.327. The fourth-order valence-corrected chi connectivity index (χ4v) is 7.40. The summed E-state index contributed by atoms with van der Waals surface area (Å²) < 4.78 is 35.4. The molecule has 0 radical (unpaired) electrons. The third-order valence-electron chi connectivity index (χ3n) is 7.48. The average Bonchev–Trinajstić information content (AvgIpc) is 3.63. The molecule has 1 aliphatic rings. The van der Waals surface area contributed by atoms with Gasteiger partial charge in [-0.3, -0.25) is 9.20 Å². The van der Waals surface area contributed by atoms with Crippen molar-refractivity contribution in [2.24, 2.45) is 0 Å². The molecule has 3 aromatic heterocycles. The Hall–Kier alpha value is -4.33. The molecule has 0 unspecified atom stereocenters. The molecular formula is C30H30N6O5S2. The molecule has 1 fully saturated rings. The summed E-state index contributed by atoms with van der Waals surface area (Å²) in [4.78, 5) is 26.0. The highest BCUT2D eigenvalue weighted by molar-refractivity contribution is 7.89. The SMILES string of the molecule is COc1cccc(-c2nc3sccn3c2-c2ccnc(NC3CCN(S(=O)(=O)c4ccc(CCC(=O)O)cc4)CC3)n2)c1. The van der Waals surface area contributed by atoms with Crippen molar-refractivity contribution in [2.45, 2.75) is 36.6 Å². The third kappa shape index (κ3) is 6.10. The number of rotatable bonds is 10. The number of carboxylic acid groups (broad SMARTS) is 1. The first kappa shape index (κ1) is 28.8. The van der Waals surface area contributed by atoms with E-state index in [1.165, 1.54) is 4.31 Å². The molecule has 0 spiro atoms. The number of hydrogen-bond donors (Lipinski definition) is 2. The summed E-state index contributed by atoms with van der Waals surface area (Å²) >= 11 is 1.54. The van der Waals surface area contributed by atoms with Crippen LogP contribution in [-0.4, -0.2) is 69.4 Å². The first-order valence-corrected chi connectivity index (χ1v) is 16.1. The smallest absolute Gasteiger partial charge is 0.303 e. The Labute approximate surface area is 252 Å². The molecule has 2 N–H and O–H groups in total. The van der Waals surface area contributed by atoms with Crippen molar-refractivity contribution in [3.63, 3.8) is 0 Å². The molecule has 43 heavy (non-hydrogen) atoms. The second-order valence-corrected chi connectivity index (χ2v) is 13.0. The molecule has 2 aromatic carbocycles. The number of piperidine rings is 1. The Morgan fingerprint density at radius 3 is 2.65 bits per heavy atom. The number of sulfonamides is 1. The van der Waals surface area contributed by atoms with Gasteiger partial charge in [0.2, 0.25) is 16.0 Å². The van der Waals surface area contributed by atoms with Crippen LogP contribution in [0, 0.1) is 0 Å². The lowest BCUT2D eigenvalue weighted by atomic mass is 10.1. The van der Waals surface area contributed by atoms with Gasteiger partial charge in [0.15, 0.2) is 4.96 Å². The van der Waals surface area contributed by atoms with E-state index in [2.05, 4.69) is 10.3 Å². The van der Waals surface area contributed by atoms with E-state index in [9.17, 15) is 13.2 Å². The van der Waals surface area contributed by atoms with Crippen LogP contribution >= 0.6 is 11.3 Å². The Kier molecular flexibility index (Phi) is 8.10. The number of anilines is 1. The minimum Gasteiger partial charge on any atom is -0.497 e. The number of hydrogen-bond acceptors (Lipinski definition) is 9. The molecule has 1 saturated heterocycles. The number of nitrogens with one attached hydrogen (secondary N) is 1. The van der Waals surface area contributed by atoms with E-state index in [1.807, 2.05) is 46.3 Å². The summed E-state index contributed by atoms with van der Waals surface area (Å²) in [6.45, 7) is 0.719. The van der Waals surface area contributed by atoms with Crippen LogP contribution in [0.15, 0.2) is 77.3 Å². The van der Waals surface area contributed by atoms with Gasteiger partial charge < -0.3 is 15.2 Å². The van der Waals surface area contributed by atoms with Crippen LogP contribution in [-0.2, 0) is 21.2 Å². The van der Waals surface area contributed by atoms with Gasteiger partial charge in [-0.1, -0.05) is 24.3 Å². The van der Waals surface area contributed by atoms with Gasteiger partial charge in [-0.15, -0.1) is 11.3 Å². The average molecular weight is 619 g/mol. The number of nitrogens with zero attached hydrogens (tertiary/aromatic N) is 5. The molecule has 1 aliphatic heterocycles. The number of methoxy groups -OCH3 is 1. The first-order valence-electron chi connectivity index (χ1n) is 13.8. The molecule has 11 nitrogen and oxygen atoms in total. The molecule has 4 heterocycles. The first-order chi connectivity index (χ1) is 20.8. The number of carbonyl (C=O) groups is 1. The predicted octanol–water partition coefficient (Wildman–Crippen LogP) is 4.81. The van der Waals surface area contributed by atoms with Crippen molar-refractivity contribution in [1.29, 1.82) is 0 Å². The van der Waals surface area contributed by atoms with Gasteiger partial charge in [-0.2, -0.15) is 4.31 Å². The maximum Gasteiger partial charge on any atom is 0.303 e. The Bertz CT molecular complexity index is 1860. The fourth-order valence-electron chi connectivity index (χ4n) is 5.21. The number of ether oxygens (including phenoxy) is 1. The Morgan fingerprint density at radius 1 is 1.12 bits per heavy atom. The molecule has 5 aromatic rings. The van der Waals surface area contributed by atoms with E-state index < -0.39 is 16.0 Å². The number of benzene rings is 2. The van der Waals surface area contributed by atoms with Crippen LogP contribution in [0.25, 0.3) is 27.6 Å². The summed E-state index contributed by atoms with van der Waals surface area (Å²) in [5, 5.41) is 14.3. The summed E-state index contributed by atoms with van der Waals surface area (Å²) in [6, 6.07) is 16.1. The Morgan fingerprint density at radius 2 is 1.91 bits per heavy atom. The maximum atomic E-state index is 13.3. The van der Waals surface area contributed by atoms with Crippen LogP contribution < -0.4 is 10.1 Å². The van der Waals surface area contributed by atoms with Crippen molar-refractivity contribution < 1.29 is 23.1 Å². The number of aryl methyl sites for hydroxylation is 1. The van der Waals surface area contributed by atoms with Gasteiger partial charge >= 0.3 is 5.97 Å². The maximum absolute atomic E-state index is 13.3. The number of fused-ring (bicyclic) bond motifs is 1. The standard InChI is InChI=1S/C30H30N6O5S2/c1-41-23-4-2-3-21(19-23)27-28(36-17-18-42-30(36)34-27)25-11-14-31-29(33-25)32-22-12-15-35(16-13-22)43(39,40)24-8-5-20(6-9-24)7-10-26(37)38/h2-6,8-9,11,14,17-19,22H,7,10,12-13,15-16H2,1H3,(H,37,38)(H,31,32,33). The van der Waals surface area contributed by atoms with Gasteiger partial charge in [-0.05, 0) is 55.2 Å². The van der Waals surface area contributed by atoms with Crippen molar-refractivity contribution >= 4 is 38.2 Å². The van der Waals surface area contributed by atoms with E-state index in [4.69, 9.17) is 19.8 Å². The molecule has 6 rings (SSSR count). The van der Waals surface area contributed by atoms with Crippen LogP contribution in [0.5, 0.6) is 5.75 Å². The number of aromatic nitrogens is 4. The number of thiazole rings is 1. The zero-order valence-corrected chi connectivity index (χ0v) is 25.0. The summed E-state index contributed by atoms with van der Waals surface area (Å²) in [5.41, 5.74) is 4.07. The Balaban J connectivity index is 1.16. The van der Waals surface area contributed by atoms with Crippen molar-refractivity contribution in [3.05, 3.63) is 77.9 Å². The van der Waals surface area contributed by atoms with Gasteiger partial charge in [0.05, 0.1) is 23.4 Å². The van der Waals surface area contributed by atoms with Crippen molar-refractivity contribution in [1.82, 2.24) is 23.7 Å². The molecule has 0 bridgehead atoms. The lowest BCUT2D eigenvalue weighted by molar-refractivity contribution is -0.136. The minimum atomic E-state index is -3.65. The number of aliphatic carboxylic acids is 1. The second kappa shape index (κ2) is 12.1. The van der Waals surface area contributed by atoms with E-state index >= 15 is 0 Å². The van der Waals surface area contributed by atoms with Crippen LogP contribution in [0.1, 0.15) is 24.8 Å². The molecule has 13 heteroatoms. The second-order valence-electron chi connectivity index (χ2n) is 10.2. The predicted molar refractivity (Wildman–Crippen MR) is 164 cm³/mol. The highest BCUT2D eigenvalue weighted by Gasteiger charge is 2.30. The fraction of sp³-hybridized carbons (Fsp3) is 0.267. The molecule has 0 aliphatic carbocycles. The minimum absolute atomic E-state index is 0.00341. The van der Waals surface area contributed by atoms with E-state index in [-0.39, 0.29) is 17.4 Å². The van der Waals surface area contributed by atoms with Crippen LogP contribution in [0.2, 0.25) is 0 Å². The zero-order chi connectivity index (χ0) is 30.0. The molecular weight excluding hydrogens is 589 g/mol. The van der Waals surface area contributed by atoms with Gasteiger partial charge in [0.1, 0.15) is 11.4 Å². The van der Waals surface area contributed by atoms with Crippen molar-refractivity contribution in [2.75, 3.05) is 25.5 Å². The molecule has 0 atom stereocenters. The van der Waals surface area contributed by atoms with E-state index in [1.54, 1.807) is 48.9 Å². The quantitative estimate of drug-likeness (QED) is 0.226. The largest absolute Gasteiger partial charge is 0.497 e. The van der Waals surface area contributed by atoms with Crippen LogP contribution in [0.3, 0.4) is 0 Å². The normalized spacial score (nSPS) is 14.6. The molecule has 222 valence electrons. The highest BCUT2D eigenvalue weighted by Crippen LogP contribution is 2.35. The van der Waals surface area contributed by atoms with E-state index in [0.717, 1.165) is 33.2 Å². The summed E-state index contributed by atoms with van der Waals surface area (Å²) in [7, 11) is -2.02. The van der Waals surface area contributed by atoms with Crippen LogP contribution in [0.4, 0.5) is 5.95 Å². The van der Waals surface area contributed by atoms with E-state index in [0.29, 0.717) is 44.0 Å². The third-order valence-corrected chi connectivity index (χ3v) is 10.1. The number of carboxylic acids is 1. The molecule has 0 saturated carbocycles. The topological polar surface area (TPSA) is 139 Å². The van der Waals surface area contributed by atoms with Gasteiger partial charge in [0.25, 0.3) is 0 Å². The molecule has 0 amide bonds. The number of imidazole rings is 1. The lowest BCUT2D eigenvalue weighted by Crippen LogP contribution is -2.42. The van der Waals surface area contributed by atoms with Gasteiger partial charge in [0, 0.05) is 48.9 Å². The zero-order valence-electron chi connectivity index (χ0n) is 23.4. The van der Waals surface area contributed by atoms with Gasteiger partial charge in [-0.25, -0.2) is 23.4 Å².